The molecule has 1 aromatic carbocycles. The van der Waals surface area contributed by atoms with E-state index in [-0.39, 0.29) is 41.5 Å². The summed E-state index contributed by atoms with van der Waals surface area (Å²) in [6.07, 6.45) is 3.24. The predicted molar refractivity (Wildman–Crippen MR) is 92.0 cm³/mol. The maximum Gasteiger partial charge on any atom is 0.226 e. The van der Waals surface area contributed by atoms with Gasteiger partial charge in [-0.1, -0.05) is 12.1 Å². The van der Waals surface area contributed by atoms with Crippen LogP contribution in [0.5, 0.6) is 0 Å². The van der Waals surface area contributed by atoms with Crippen LogP contribution < -0.4 is 5.32 Å². The van der Waals surface area contributed by atoms with Gasteiger partial charge in [-0.25, -0.2) is 4.39 Å². The second-order valence-electron chi connectivity index (χ2n) is 7.06. The minimum Gasteiger partial charge on any atom is -0.336 e. The largest absolute Gasteiger partial charge is 0.336 e. The molecule has 3 nitrogen and oxygen atoms in total. The van der Waals surface area contributed by atoms with Gasteiger partial charge in [0.05, 0.1) is 0 Å². The van der Waals surface area contributed by atoms with Gasteiger partial charge in [-0.15, -0.1) is 12.4 Å². The fraction of sp³-hybridized carbons (Fsp3) is 0.611. The molecule has 1 spiro atoms. The van der Waals surface area contributed by atoms with Crippen molar-refractivity contribution < 1.29 is 9.18 Å². The van der Waals surface area contributed by atoms with Crippen LogP contribution in [0.3, 0.4) is 0 Å². The third-order valence-electron chi connectivity index (χ3n) is 5.24. The van der Waals surface area contributed by atoms with Crippen LogP contribution in [0.1, 0.15) is 38.7 Å². The number of benzene rings is 1. The zero-order valence-electron chi connectivity index (χ0n) is 13.8. The third-order valence-corrected chi connectivity index (χ3v) is 5.24. The molecule has 1 saturated heterocycles. The number of halogens is 2. The van der Waals surface area contributed by atoms with Crippen molar-refractivity contribution in [2.45, 2.75) is 45.7 Å². The average Bonchev–Trinajstić information content (AvgIpc) is 3.18. The smallest absolute Gasteiger partial charge is 0.226 e. The Morgan fingerprint density at radius 2 is 2.09 bits per heavy atom. The highest BCUT2D eigenvalue weighted by Gasteiger charge is 2.58. The van der Waals surface area contributed by atoms with Gasteiger partial charge < -0.3 is 10.2 Å². The Labute approximate surface area is 144 Å². The lowest BCUT2D eigenvalue weighted by atomic mass is 9.91. The third kappa shape index (κ3) is 3.86. The lowest BCUT2D eigenvalue weighted by molar-refractivity contribution is -0.136. The molecule has 128 valence electrons. The fourth-order valence-corrected chi connectivity index (χ4v) is 3.72. The molecule has 23 heavy (non-hydrogen) atoms. The molecular formula is C18H26ClFN2O. The molecule has 0 bridgehead atoms. The van der Waals surface area contributed by atoms with Crippen LogP contribution in [-0.4, -0.2) is 29.9 Å². The summed E-state index contributed by atoms with van der Waals surface area (Å²) in [6.45, 7) is 6.62. The SMILES string of the molecule is CC(C)N(Cc1cccc(F)c1)C(=O)C1CC12CCNCC2.Cl. The van der Waals surface area contributed by atoms with E-state index in [1.165, 1.54) is 12.1 Å². The molecule has 1 atom stereocenters. The van der Waals surface area contributed by atoms with Gasteiger partial charge in [-0.2, -0.15) is 0 Å². The van der Waals surface area contributed by atoms with Gasteiger partial charge in [0, 0.05) is 18.5 Å². The van der Waals surface area contributed by atoms with Crippen LogP contribution in [-0.2, 0) is 11.3 Å². The normalized spacial score (nSPS) is 21.8. The maximum absolute atomic E-state index is 13.4. The van der Waals surface area contributed by atoms with Gasteiger partial charge in [-0.05, 0) is 69.3 Å². The highest BCUT2D eigenvalue weighted by atomic mass is 35.5. The van der Waals surface area contributed by atoms with Crippen LogP contribution >= 0.6 is 12.4 Å². The molecule has 0 aromatic heterocycles. The van der Waals surface area contributed by atoms with Gasteiger partial charge in [0.1, 0.15) is 5.82 Å². The number of carbonyl (C=O) groups excluding carboxylic acids is 1. The molecule has 1 unspecified atom stereocenters. The first-order valence-electron chi connectivity index (χ1n) is 8.27. The molecule has 1 aliphatic carbocycles. The molecule has 1 heterocycles. The number of piperidine rings is 1. The molecule has 1 saturated carbocycles. The second kappa shape index (κ2) is 7.18. The summed E-state index contributed by atoms with van der Waals surface area (Å²) in [6, 6.07) is 6.69. The zero-order chi connectivity index (χ0) is 15.7. The van der Waals surface area contributed by atoms with Crippen molar-refractivity contribution in [1.82, 2.24) is 10.2 Å². The van der Waals surface area contributed by atoms with Gasteiger partial charge in [0.2, 0.25) is 5.91 Å². The van der Waals surface area contributed by atoms with Crippen LogP contribution in [0.2, 0.25) is 0 Å². The molecule has 1 aliphatic heterocycles. The lowest BCUT2D eigenvalue weighted by Gasteiger charge is -2.30. The highest BCUT2D eigenvalue weighted by molar-refractivity contribution is 5.85. The van der Waals surface area contributed by atoms with E-state index in [2.05, 4.69) is 5.32 Å². The van der Waals surface area contributed by atoms with E-state index in [1.807, 2.05) is 24.8 Å². The Morgan fingerprint density at radius 1 is 1.39 bits per heavy atom. The summed E-state index contributed by atoms with van der Waals surface area (Å²) in [5, 5.41) is 3.37. The van der Waals surface area contributed by atoms with E-state index in [0.717, 1.165) is 37.9 Å². The Morgan fingerprint density at radius 3 is 2.70 bits per heavy atom. The molecule has 1 N–H and O–H groups in total. The first kappa shape index (κ1) is 18.2. The van der Waals surface area contributed by atoms with Crippen LogP contribution in [0.15, 0.2) is 24.3 Å². The summed E-state index contributed by atoms with van der Waals surface area (Å²) < 4.78 is 13.4. The van der Waals surface area contributed by atoms with Crippen LogP contribution in [0, 0.1) is 17.2 Å². The molecule has 1 aromatic rings. The molecule has 0 radical (unpaired) electrons. The van der Waals surface area contributed by atoms with Crippen LogP contribution in [0.25, 0.3) is 0 Å². The maximum atomic E-state index is 13.4. The van der Waals surface area contributed by atoms with E-state index in [9.17, 15) is 9.18 Å². The number of amides is 1. The first-order chi connectivity index (χ1) is 10.5. The second-order valence-corrected chi connectivity index (χ2v) is 7.06. The van der Waals surface area contributed by atoms with Crippen LogP contribution in [0.4, 0.5) is 4.39 Å². The molecule has 1 amide bonds. The molecular weight excluding hydrogens is 315 g/mol. The highest BCUT2D eigenvalue weighted by Crippen LogP contribution is 2.59. The summed E-state index contributed by atoms with van der Waals surface area (Å²) in [5.74, 6) is 0.182. The van der Waals surface area contributed by atoms with E-state index < -0.39 is 0 Å². The number of nitrogens with one attached hydrogen (secondary N) is 1. The zero-order valence-corrected chi connectivity index (χ0v) is 14.7. The van der Waals surface area contributed by atoms with E-state index >= 15 is 0 Å². The van der Waals surface area contributed by atoms with E-state index in [4.69, 9.17) is 0 Å². The predicted octanol–water partition coefficient (Wildman–Crippen LogP) is 3.37. The lowest BCUT2D eigenvalue weighted by Crippen LogP contribution is -2.40. The number of rotatable bonds is 4. The monoisotopic (exact) mass is 340 g/mol. The van der Waals surface area contributed by atoms with Crippen molar-refractivity contribution in [1.29, 1.82) is 0 Å². The van der Waals surface area contributed by atoms with Gasteiger partial charge in [0.25, 0.3) is 0 Å². The molecule has 2 fully saturated rings. The number of hydrogen-bond acceptors (Lipinski definition) is 2. The Balaban J connectivity index is 0.00000192. The Bertz CT molecular complexity index is 558. The van der Waals surface area contributed by atoms with E-state index in [0.29, 0.717) is 6.54 Å². The Hall–Kier alpha value is -1.13. The fourth-order valence-electron chi connectivity index (χ4n) is 3.72. The number of hydrogen-bond donors (Lipinski definition) is 1. The van der Waals surface area contributed by atoms with Crippen molar-refractivity contribution in [2.75, 3.05) is 13.1 Å². The molecule has 3 rings (SSSR count). The van der Waals surface area contributed by atoms with Crippen molar-refractivity contribution in [2.24, 2.45) is 11.3 Å². The minimum atomic E-state index is -0.241. The van der Waals surface area contributed by atoms with Crippen molar-refractivity contribution in [3.63, 3.8) is 0 Å². The molecule has 2 aliphatic rings. The standard InChI is InChI=1S/C18H25FN2O.ClH/c1-13(2)21(12-14-4-3-5-15(19)10-14)17(22)16-11-18(16)6-8-20-9-7-18;/h3-5,10,13,16,20H,6-9,11-12H2,1-2H3;1H. The van der Waals surface area contributed by atoms with Gasteiger partial charge >= 0.3 is 0 Å². The van der Waals surface area contributed by atoms with E-state index in [1.54, 1.807) is 6.07 Å². The summed E-state index contributed by atoms with van der Waals surface area (Å²) in [5.41, 5.74) is 1.11. The summed E-state index contributed by atoms with van der Waals surface area (Å²) in [4.78, 5) is 14.8. The Kier molecular flexibility index (Phi) is 5.69. The van der Waals surface area contributed by atoms with Gasteiger partial charge in [0.15, 0.2) is 0 Å². The van der Waals surface area contributed by atoms with Crippen molar-refractivity contribution >= 4 is 18.3 Å². The first-order valence-corrected chi connectivity index (χ1v) is 8.27. The minimum absolute atomic E-state index is 0. The number of nitrogens with zero attached hydrogens (tertiary/aromatic N) is 1. The average molecular weight is 341 g/mol. The molecule has 5 heteroatoms. The quantitative estimate of drug-likeness (QED) is 0.911. The summed E-state index contributed by atoms with van der Waals surface area (Å²) in [7, 11) is 0. The summed E-state index contributed by atoms with van der Waals surface area (Å²) >= 11 is 0. The van der Waals surface area contributed by atoms with Crippen molar-refractivity contribution in [3.05, 3.63) is 35.6 Å². The van der Waals surface area contributed by atoms with Crippen molar-refractivity contribution in [3.8, 4) is 0 Å². The topological polar surface area (TPSA) is 32.3 Å². The number of carbonyl (C=O) groups is 1. The van der Waals surface area contributed by atoms with Gasteiger partial charge in [-0.3, -0.25) is 4.79 Å².